The second-order valence-corrected chi connectivity index (χ2v) is 2.73. The van der Waals surface area contributed by atoms with Gasteiger partial charge in [0.05, 0.1) is 0 Å². The van der Waals surface area contributed by atoms with E-state index in [0.29, 0.717) is 0 Å². The van der Waals surface area contributed by atoms with Crippen molar-refractivity contribution in [1.82, 2.24) is 0 Å². The van der Waals surface area contributed by atoms with Crippen molar-refractivity contribution in [2.24, 2.45) is 0 Å². The second kappa shape index (κ2) is 13.2. The molecule has 0 bridgehead atoms. The Morgan fingerprint density at radius 2 is 1.40 bits per heavy atom. The van der Waals surface area contributed by atoms with Crippen molar-refractivity contribution in [2.45, 2.75) is 53.9 Å². The quantitative estimate of drug-likeness (QED) is 0.644. The molecule has 1 aromatic rings. The van der Waals surface area contributed by atoms with Crippen molar-refractivity contribution in [3.63, 3.8) is 0 Å². The highest BCUT2D eigenvalue weighted by atomic mass is 19.1. The van der Waals surface area contributed by atoms with Crippen LogP contribution in [0, 0.1) is 5.82 Å². The van der Waals surface area contributed by atoms with Crippen molar-refractivity contribution in [3.8, 4) is 0 Å². The van der Waals surface area contributed by atoms with E-state index < -0.39 is 0 Å². The van der Waals surface area contributed by atoms with Crippen LogP contribution in [0.25, 0.3) is 0 Å². The predicted octanol–water partition coefficient (Wildman–Crippen LogP) is 5.22. The lowest BCUT2D eigenvalue weighted by Gasteiger charge is -1.97. The van der Waals surface area contributed by atoms with Gasteiger partial charge in [0, 0.05) is 0 Å². The first-order valence-electron chi connectivity index (χ1n) is 6.07. The minimum absolute atomic E-state index is 0.148. The lowest BCUT2D eigenvalue weighted by atomic mass is 10.1. The molecule has 0 amide bonds. The Balaban J connectivity index is 0. The van der Waals surface area contributed by atoms with Crippen LogP contribution in [0.3, 0.4) is 0 Å². The fourth-order valence-corrected chi connectivity index (χ4v) is 1.03. The van der Waals surface area contributed by atoms with Gasteiger partial charge in [-0.25, -0.2) is 4.39 Å². The maximum absolute atomic E-state index is 12.4. The van der Waals surface area contributed by atoms with Gasteiger partial charge in [0.2, 0.25) is 0 Å². The molecule has 0 fully saturated rings. The number of unbranched alkanes of at least 4 members (excludes halogenated alkanes) is 1. The van der Waals surface area contributed by atoms with Crippen LogP contribution in [0.15, 0.2) is 24.3 Å². The van der Waals surface area contributed by atoms with E-state index in [-0.39, 0.29) is 5.82 Å². The van der Waals surface area contributed by atoms with Crippen LogP contribution < -0.4 is 0 Å². The zero-order valence-electron chi connectivity index (χ0n) is 10.8. The molecule has 15 heavy (non-hydrogen) atoms. The number of aryl methyl sites for hydroxylation is 1. The molecule has 0 radical (unpaired) electrons. The first-order chi connectivity index (χ1) is 7.33. The van der Waals surface area contributed by atoms with E-state index in [1.807, 2.05) is 39.8 Å². The molecule has 1 rings (SSSR count). The fourth-order valence-electron chi connectivity index (χ4n) is 1.03. The number of rotatable bonds is 3. The highest BCUT2D eigenvalue weighted by molar-refractivity contribution is 5.15. The third-order valence-corrected chi connectivity index (χ3v) is 1.73. The number of benzene rings is 1. The summed E-state index contributed by atoms with van der Waals surface area (Å²) in [6, 6.07) is 6.74. The Hall–Kier alpha value is -0.850. The molecule has 0 atom stereocenters. The Kier molecular flexibility index (Phi) is 14.5. The Morgan fingerprint density at radius 1 is 0.933 bits per heavy atom. The van der Waals surface area contributed by atoms with Gasteiger partial charge in [0.1, 0.15) is 5.82 Å². The van der Waals surface area contributed by atoms with Gasteiger partial charge in [-0.1, -0.05) is 53.2 Å². The number of hydrogen-bond donors (Lipinski definition) is 0. The smallest absolute Gasteiger partial charge is 0.123 e. The summed E-state index contributed by atoms with van der Waals surface area (Å²) in [5.41, 5.74) is 1.23. The monoisotopic (exact) mass is 212 g/mol. The third-order valence-electron chi connectivity index (χ3n) is 1.73. The molecule has 0 heterocycles. The topological polar surface area (TPSA) is 0 Å². The van der Waals surface area contributed by atoms with Gasteiger partial charge in [-0.15, -0.1) is 0 Å². The van der Waals surface area contributed by atoms with Gasteiger partial charge in [-0.3, -0.25) is 0 Å². The fraction of sp³-hybridized carbons (Fsp3) is 0.571. The molecule has 0 nitrogen and oxygen atoms in total. The zero-order chi connectivity index (χ0) is 12.1. The Labute approximate surface area is 94.5 Å². The van der Waals surface area contributed by atoms with Crippen LogP contribution in [0.2, 0.25) is 0 Å². The maximum atomic E-state index is 12.4. The molecule has 0 aliphatic rings. The molecule has 0 N–H and O–H groups in total. The second-order valence-electron chi connectivity index (χ2n) is 2.73. The van der Waals surface area contributed by atoms with Gasteiger partial charge in [-0.2, -0.15) is 0 Å². The summed E-state index contributed by atoms with van der Waals surface area (Å²) in [4.78, 5) is 0. The molecular formula is C14H25F. The molecule has 0 saturated carbocycles. The van der Waals surface area contributed by atoms with Gasteiger partial charge in [-0.05, 0) is 30.5 Å². The highest BCUT2D eigenvalue weighted by Crippen LogP contribution is 2.06. The van der Waals surface area contributed by atoms with Crippen molar-refractivity contribution in [3.05, 3.63) is 35.6 Å². The first kappa shape index (κ1) is 16.6. The maximum Gasteiger partial charge on any atom is 0.123 e. The van der Waals surface area contributed by atoms with Crippen LogP contribution in [0.4, 0.5) is 4.39 Å². The molecule has 0 aliphatic heterocycles. The lowest BCUT2D eigenvalue weighted by molar-refractivity contribution is 0.626. The molecule has 0 aromatic heterocycles. The summed E-state index contributed by atoms with van der Waals surface area (Å²) in [5, 5.41) is 0. The van der Waals surface area contributed by atoms with Gasteiger partial charge < -0.3 is 0 Å². The molecule has 0 saturated heterocycles. The standard InChI is InChI=1S/C10H13F.2C2H6/c1-2-3-4-9-5-7-10(11)8-6-9;2*1-2/h5-8H,2-4H2,1H3;2*1-2H3. The average Bonchev–Trinajstić information content (AvgIpc) is 2.34. The third kappa shape index (κ3) is 9.45. The summed E-state index contributed by atoms with van der Waals surface area (Å²) in [7, 11) is 0. The Morgan fingerprint density at radius 3 is 1.80 bits per heavy atom. The van der Waals surface area contributed by atoms with E-state index in [1.54, 1.807) is 0 Å². The minimum Gasteiger partial charge on any atom is -0.207 e. The zero-order valence-corrected chi connectivity index (χ0v) is 10.8. The van der Waals surface area contributed by atoms with E-state index in [0.717, 1.165) is 6.42 Å². The van der Waals surface area contributed by atoms with E-state index in [2.05, 4.69) is 6.92 Å². The highest BCUT2D eigenvalue weighted by Gasteiger charge is 1.91. The summed E-state index contributed by atoms with van der Waals surface area (Å²) in [6.07, 6.45) is 3.44. The molecule has 0 spiro atoms. The normalized spacial score (nSPS) is 8.13. The molecule has 88 valence electrons. The summed E-state index contributed by atoms with van der Waals surface area (Å²) in [6.45, 7) is 10.2. The van der Waals surface area contributed by atoms with Crippen LogP contribution in [-0.4, -0.2) is 0 Å². The average molecular weight is 212 g/mol. The van der Waals surface area contributed by atoms with Gasteiger partial charge in [0.25, 0.3) is 0 Å². The molecule has 1 aromatic carbocycles. The Bertz CT molecular complexity index is 201. The van der Waals surface area contributed by atoms with Crippen molar-refractivity contribution < 1.29 is 4.39 Å². The van der Waals surface area contributed by atoms with E-state index in [9.17, 15) is 4.39 Å². The van der Waals surface area contributed by atoms with Crippen LogP contribution in [-0.2, 0) is 6.42 Å². The van der Waals surface area contributed by atoms with E-state index in [1.165, 1.54) is 30.5 Å². The largest absolute Gasteiger partial charge is 0.207 e. The predicted molar refractivity (Wildman–Crippen MR) is 67.7 cm³/mol. The van der Waals surface area contributed by atoms with Gasteiger partial charge in [0.15, 0.2) is 0 Å². The molecular weight excluding hydrogens is 187 g/mol. The van der Waals surface area contributed by atoms with E-state index in [4.69, 9.17) is 0 Å². The van der Waals surface area contributed by atoms with Crippen molar-refractivity contribution in [2.75, 3.05) is 0 Å². The van der Waals surface area contributed by atoms with Crippen LogP contribution >= 0.6 is 0 Å². The first-order valence-corrected chi connectivity index (χ1v) is 6.07. The van der Waals surface area contributed by atoms with Gasteiger partial charge >= 0.3 is 0 Å². The van der Waals surface area contributed by atoms with Crippen LogP contribution in [0.5, 0.6) is 0 Å². The molecule has 1 heteroatoms. The summed E-state index contributed by atoms with van der Waals surface area (Å²) >= 11 is 0. The van der Waals surface area contributed by atoms with Crippen molar-refractivity contribution >= 4 is 0 Å². The van der Waals surface area contributed by atoms with E-state index >= 15 is 0 Å². The molecule has 0 unspecified atom stereocenters. The van der Waals surface area contributed by atoms with Crippen LogP contribution in [0.1, 0.15) is 53.0 Å². The number of halogens is 1. The van der Waals surface area contributed by atoms with Crippen molar-refractivity contribution in [1.29, 1.82) is 0 Å². The lowest BCUT2D eigenvalue weighted by Crippen LogP contribution is -1.83. The SMILES string of the molecule is CC.CC.CCCCc1ccc(F)cc1. The number of hydrogen-bond acceptors (Lipinski definition) is 0. The molecule has 0 aliphatic carbocycles. The minimum atomic E-state index is -0.148. The summed E-state index contributed by atoms with van der Waals surface area (Å²) < 4.78 is 12.4. The summed E-state index contributed by atoms with van der Waals surface area (Å²) in [5.74, 6) is -0.148.